The zero-order valence-corrected chi connectivity index (χ0v) is 25.8. The molecule has 37 heavy (non-hydrogen) atoms. The van der Waals surface area contributed by atoms with Crippen molar-refractivity contribution in [1.82, 2.24) is 0 Å². The number of phenolic OH excluding ortho intramolecular Hbond substituents is 2. The number of hydrogen-bond donors (Lipinski definition) is 2. The van der Waals surface area contributed by atoms with Crippen LogP contribution in [0.1, 0.15) is 122 Å². The lowest BCUT2D eigenvalue weighted by molar-refractivity contribution is -0.143. The maximum atomic E-state index is 11.6. The van der Waals surface area contributed by atoms with Gasteiger partial charge in [-0.1, -0.05) is 99.4 Å². The van der Waals surface area contributed by atoms with E-state index >= 15 is 0 Å². The summed E-state index contributed by atoms with van der Waals surface area (Å²) in [6, 6.07) is 8.16. The van der Waals surface area contributed by atoms with E-state index in [0.717, 1.165) is 40.7 Å². The fourth-order valence-corrected chi connectivity index (χ4v) is 3.94. The zero-order chi connectivity index (χ0) is 29.0. The maximum absolute atomic E-state index is 11.6. The van der Waals surface area contributed by atoms with Crippen molar-refractivity contribution in [2.75, 3.05) is 6.61 Å². The number of aryl methyl sites for hydroxylation is 4. The van der Waals surface area contributed by atoms with E-state index in [1.54, 1.807) is 0 Å². The van der Waals surface area contributed by atoms with Gasteiger partial charge in [-0.05, 0) is 77.8 Å². The molecule has 0 amide bonds. The van der Waals surface area contributed by atoms with Crippen LogP contribution in [0.25, 0.3) is 0 Å². The second-order valence-corrected chi connectivity index (χ2v) is 11.9. The minimum atomic E-state index is -0.176. The van der Waals surface area contributed by atoms with Crippen LogP contribution in [0.5, 0.6) is 11.5 Å². The van der Waals surface area contributed by atoms with Crippen LogP contribution in [-0.2, 0) is 33.2 Å². The molecule has 4 heteroatoms. The van der Waals surface area contributed by atoms with Gasteiger partial charge in [0.25, 0.3) is 0 Å². The highest BCUT2D eigenvalue weighted by molar-refractivity contribution is 5.69. The Bertz CT molecular complexity index is 917. The molecule has 0 spiro atoms. The van der Waals surface area contributed by atoms with E-state index in [9.17, 15) is 15.0 Å². The monoisotopic (exact) mass is 514 g/mol. The minimum Gasteiger partial charge on any atom is -0.507 e. The third kappa shape index (κ3) is 12.1. The maximum Gasteiger partial charge on any atom is 0.306 e. The normalized spacial score (nSPS) is 11.1. The molecule has 0 saturated heterocycles. The van der Waals surface area contributed by atoms with E-state index in [-0.39, 0.29) is 16.8 Å². The van der Waals surface area contributed by atoms with E-state index in [1.165, 1.54) is 12.0 Å². The molecule has 0 radical (unpaired) electrons. The molecule has 210 valence electrons. The van der Waals surface area contributed by atoms with Gasteiger partial charge in [-0.2, -0.15) is 0 Å². The summed E-state index contributed by atoms with van der Waals surface area (Å²) >= 11 is 0. The third-order valence-electron chi connectivity index (χ3n) is 5.80. The Morgan fingerprint density at radius 1 is 0.730 bits per heavy atom. The summed E-state index contributed by atoms with van der Waals surface area (Å²) in [5.74, 6) is 0.639. The quantitative estimate of drug-likeness (QED) is 0.378. The molecule has 0 heterocycles. The average molecular weight is 515 g/mol. The van der Waals surface area contributed by atoms with Gasteiger partial charge < -0.3 is 14.9 Å². The number of aromatic hydroxyl groups is 2. The van der Waals surface area contributed by atoms with E-state index in [2.05, 4.69) is 74.4 Å². The fraction of sp³-hybridized carbons (Fsp3) is 0.606. The van der Waals surface area contributed by atoms with Crippen molar-refractivity contribution in [1.29, 1.82) is 0 Å². The van der Waals surface area contributed by atoms with Crippen molar-refractivity contribution in [2.24, 2.45) is 0 Å². The van der Waals surface area contributed by atoms with Gasteiger partial charge in [-0.15, -0.1) is 0 Å². The van der Waals surface area contributed by atoms with Gasteiger partial charge in [0.05, 0.1) is 6.61 Å². The van der Waals surface area contributed by atoms with Crippen molar-refractivity contribution in [3.05, 3.63) is 57.6 Å². The SMILES string of the molecule is CCC.CCCc1cc(C)c(O)c(C)c1.CCOC(=O)CCc1cc(C(C)(C)C)c(O)c(C(C)(C)C)c1. The largest absolute Gasteiger partial charge is 0.507 e. The Morgan fingerprint density at radius 2 is 1.14 bits per heavy atom. The molecule has 0 aromatic heterocycles. The van der Waals surface area contributed by atoms with Crippen LogP contribution < -0.4 is 0 Å². The molecule has 2 rings (SSSR count). The Balaban J connectivity index is 0.000000722. The summed E-state index contributed by atoms with van der Waals surface area (Å²) in [4.78, 5) is 11.6. The minimum absolute atomic E-state index is 0.149. The van der Waals surface area contributed by atoms with Crippen molar-refractivity contribution in [2.45, 2.75) is 126 Å². The van der Waals surface area contributed by atoms with Gasteiger partial charge in [0.1, 0.15) is 11.5 Å². The van der Waals surface area contributed by atoms with Crippen molar-refractivity contribution >= 4 is 5.97 Å². The van der Waals surface area contributed by atoms with E-state index in [4.69, 9.17) is 4.74 Å². The molecule has 0 unspecified atom stereocenters. The molecule has 0 saturated carbocycles. The molecule has 4 nitrogen and oxygen atoms in total. The first-order chi connectivity index (χ1) is 17.0. The zero-order valence-electron chi connectivity index (χ0n) is 25.8. The second-order valence-electron chi connectivity index (χ2n) is 11.9. The molecule has 0 aliphatic carbocycles. The molecular weight excluding hydrogens is 460 g/mol. The Labute approximate surface area is 227 Å². The van der Waals surface area contributed by atoms with Crippen LogP contribution in [0.2, 0.25) is 0 Å². The molecule has 2 aromatic rings. The summed E-state index contributed by atoms with van der Waals surface area (Å²) in [5, 5.41) is 20.2. The van der Waals surface area contributed by atoms with Crippen LogP contribution in [0.15, 0.2) is 24.3 Å². The molecule has 0 fully saturated rings. The van der Waals surface area contributed by atoms with Crippen LogP contribution in [-0.4, -0.2) is 22.8 Å². The lowest BCUT2D eigenvalue weighted by Gasteiger charge is -2.28. The number of hydrogen-bond acceptors (Lipinski definition) is 4. The number of carbonyl (C=O) groups is 1. The van der Waals surface area contributed by atoms with Crippen LogP contribution in [0, 0.1) is 13.8 Å². The Morgan fingerprint density at radius 3 is 1.49 bits per heavy atom. The lowest BCUT2D eigenvalue weighted by atomic mass is 9.78. The van der Waals surface area contributed by atoms with Gasteiger partial charge >= 0.3 is 5.97 Å². The van der Waals surface area contributed by atoms with Crippen LogP contribution in [0.4, 0.5) is 0 Å². The molecule has 0 bridgehead atoms. The van der Waals surface area contributed by atoms with Crippen molar-refractivity contribution in [3.8, 4) is 11.5 Å². The number of rotatable bonds is 6. The van der Waals surface area contributed by atoms with Crippen molar-refractivity contribution in [3.63, 3.8) is 0 Å². The number of carbonyl (C=O) groups excluding carboxylic acids is 1. The van der Waals surface area contributed by atoms with Gasteiger partial charge in [0, 0.05) is 6.42 Å². The number of esters is 1. The first-order valence-electron chi connectivity index (χ1n) is 13.8. The summed E-state index contributed by atoms with van der Waals surface area (Å²) in [7, 11) is 0. The third-order valence-corrected chi connectivity index (χ3v) is 5.80. The molecule has 0 aliphatic heterocycles. The van der Waals surface area contributed by atoms with Crippen LogP contribution in [0.3, 0.4) is 0 Å². The van der Waals surface area contributed by atoms with E-state index < -0.39 is 0 Å². The predicted molar refractivity (Wildman–Crippen MR) is 158 cm³/mol. The highest BCUT2D eigenvalue weighted by Crippen LogP contribution is 2.40. The van der Waals surface area contributed by atoms with Crippen molar-refractivity contribution < 1.29 is 19.7 Å². The summed E-state index contributed by atoms with van der Waals surface area (Å²) in [5.41, 5.74) is 5.93. The standard InChI is InChI=1S/C19H30O3.C11H16O.C3H8/c1-8-22-16(20)10-9-13-11-14(18(2,3)4)17(21)15(12-13)19(5,6)7;1-4-5-10-6-8(2)11(12)9(3)7-10;1-3-2/h11-12,21H,8-10H2,1-7H3;6-7,12H,4-5H2,1-3H3;3H2,1-2H3. The first-order valence-corrected chi connectivity index (χ1v) is 13.8. The number of ether oxygens (including phenoxy) is 1. The lowest BCUT2D eigenvalue weighted by Crippen LogP contribution is -2.18. The first kappa shape index (κ1) is 34.5. The number of benzene rings is 2. The molecule has 2 N–H and O–H groups in total. The van der Waals surface area contributed by atoms with Gasteiger partial charge in [-0.25, -0.2) is 0 Å². The number of phenols is 2. The highest BCUT2D eigenvalue weighted by Gasteiger charge is 2.26. The van der Waals surface area contributed by atoms with Gasteiger partial charge in [0.2, 0.25) is 0 Å². The molecule has 0 atom stereocenters. The fourth-order valence-electron chi connectivity index (χ4n) is 3.94. The van der Waals surface area contributed by atoms with Gasteiger partial charge in [0.15, 0.2) is 0 Å². The Kier molecular flexibility index (Phi) is 14.6. The van der Waals surface area contributed by atoms with E-state index in [1.807, 2.05) is 32.9 Å². The second kappa shape index (κ2) is 15.7. The molecule has 0 aliphatic rings. The Hall–Kier alpha value is -2.49. The highest BCUT2D eigenvalue weighted by atomic mass is 16.5. The van der Waals surface area contributed by atoms with Crippen LogP contribution >= 0.6 is 0 Å². The average Bonchev–Trinajstić information content (AvgIpc) is 2.76. The topological polar surface area (TPSA) is 66.8 Å². The summed E-state index contributed by atoms with van der Waals surface area (Å²) < 4.78 is 4.99. The summed E-state index contributed by atoms with van der Waals surface area (Å²) in [6.45, 7) is 25.1. The van der Waals surface area contributed by atoms with Gasteiger partial charge in [-0.3, -0.25) is 4.79 Å². The predicted octanol–water partition coefficient (Wildman–Crippen LogP) is 8.86. The smallest absolute Gasteiger partial charge is 0.306 e. The van der Waals surface area contributed by atoms with E-state index in [0.29, 0.717) is 30.9 Å². The molecular formula is C33H54O4. The molecule has 2 aromatic carbocycles. The summed E-state index contributed by atoms with van der Waals surface area (Å²) in [6.07, 6.45) is 4.50.